The van der Waals surface area contributed by atoms with Crippen molar-refractivity contribution in [2.24, 2.45) is 5.10 Å². The number of carbonyl (C=O) groups excluding carboxylic acids is 1. The number of alkyl halides is 13. The molecule has 0 fully saturated rings. The number of amides is 1. The molecule has 18 heteroatoms. The fraction of sp³-hybridized carbons (Fsp3) is 0.467. The number of nitrogens with zero attached hydrogens (tertiary/aromatic N) is 1. The van der Waals surface area contributed by atoms with Crippen molar-refractivity contribution >= 4 is 12.1 Å². The summed E-state index contributed by atoms with van der Waals surface area (Å²) in [6, 6.07) is 2.81. The Morgan fingerprint density at radius 1 is 0.879 bits per heavy atom. The van der Waals surface area contributed by atoms with Gasteiger partial charge in [-0.15, -0.1) is 0 Å². The van der Waals surface area contributed by atoms with Crippen molar-refractivity contribution in [1.29, 1.82) is 0 Å². The van der Waals surface area contributed by atoms with Gasteiger partial charge in [-0.2, -0.15) is 62.2 Å². The van der Waals surface area contributed by atoms with Crippen LogP contribution in [0.4, 0.5) is 57.1 Å². The number of hydrazone groups is 1. The number of rotatable bonds is 8. The van der Waals surface area contributed by atoms with Gasteiger partial charge in [-0.3, -0.25) is 4.79 Å². The quantitative estimate of drug-likeness (QED) is 0.304. The predicted octanol–water partition coefficient (Wildman–Crippen LogP) is 4.59. The molecule has 1 aromatic rings. The largest absolute Gasteiger partial charge is 0.504 e. The average Bonchev–Trinajstić information content (AvgIpc) is 2.67. The SMILES string of the molecule is COc1cc(/C=N\NC(=O)C(F)(F)C(F)(F)C(F)(F)C(F)(F)C(F)(F)C(F)(F)F)ccc1O. The van der Waals surface area contributed by atoms with E-state index in [1.165, 1.54) is 0 Å². The summed E-state index contributed by atoms with van der Waals surface area (Å²) in [6.45, 7) is 0. The molecule has 0 aliphatic heterocycles. The Morgan fingerprint density at radius 3 is 1.82 bits per heavy atom. The number of carbonyl (C=O) groups is 1. The number of nitrogens with one attached hydrogen (secondary N) is 1. The number of hydrogen-bond donors (Lipinski definition) is 2. The molecule has 1 rings (SSSR count). The first-order chi connectivity index (χ1) is 14.6. The molecule has 2 N–H and O–H groups in total. The van der Waals surface area contributed by atoms with Gasteiger partial charge in [0.25, 0.3) is 0 Å². The zero-order valence-electron chi connectivity index (χ0n) is 15.4. The van der Waals surface area contributed by atoms with Crippen molar-refractivity contribution in [2.45, 2.75) is 35.8 Å². The second-order valence-corrected chi connectivity index (χ2v) is 6.00. The average molecular weight is 512 g/mol. The number of halogens is 13. The first-order valence-electron chi connectivity index (χ1n) is 7.76. The third-order valence-corrected chi connectivity index (χ3v) is 3.80. The molecule has 1 amide bonds. The molecule has 0 saturated carbocycles. The minimum atomic E-state index is -8.11. The highest BCUT2D eigenvalue weighted by molar-refractivity contribution is 5.87. The molecule has 0 radical (unpaired) electrons. The van der Waals surface area contributed by atoms with E-state index < -0.39 is 47.4 Å². The van der Waals surface area contributed by atoms with Crippen LogP contribution >= 0.6 is 0 Å². The lowest BCUT2D eigenvalue weighted by atomic mass is 9.93. The maximum absolute atomic E-state index is 13.6. The van der Waals surface area contributed by atoms with Gasteiger partial charge in [0, 0.05) is 0 Å². The van der Waals surface area contributed by atoms with Crippen molar-refractivity contribution in [1.82, 2.24) is 5.43 Å². The van der Waals surface area contributed by atoms with Crippen LogP contribution in [0.2, 0.25) is 0 Å². The van der Waals surface area contributed by atoms with Gasteiger partial charge >= 0.3 is 41.7 Å². The predicted molar refractivity (Wildman–Crippen MR) is 81.2 cm³/mol. The summed E-state index contributed by atoms with van der Waals surface area (Å²) in [5, 5.41) is 11.9. The van der Waals surface area contributed by atoms with Crippen LogP contribution in [0.5, 0.6) is 11.5 Å². The number of benzene rings is 1. The second kappa shape index (κ2) is 8.44. The highest BCUT2D eigenvalue weighted by Crippen LogP contribution is 2.60. The number of phenols is 1. The molecule has 0 aliphatic carbocycles. The van der Waals surface area contributed by atoms with E-state index in [-0.39, 0.29) is 11.3 Å². The first kappa shape index (κ1) is 28.1. The van der Waals surface area contributed by atoms with Gasteiger partial charge in [-0.05, 0) is 23.8 Å². The number of phenolic OH excluding ortho intramolecular Hbond substituents is 1. The zero-order valence-corrected chi connectivity index (χ0v) is 15.4. The topological polar surface area (TPSA) is 70.9 Å². The molecule has 0 atom stereocenters. The summed E-state index contributed by atoms with van der Waals surface area (Å²) in [5.41, 5.74) is 0.325. The van der Waals surface area contributed by atoms with E-state index in [0.29, 0.717) is 11.6 Å². The molecule has 0 bridgehead atoms. The van der Waals surface area contributed by atoms with E-state index in [2.05, 4.69) is 9.84 Å². The number of ether oxygens (including phenoxy) is 1. The van der Waals surface area contributed by atoms with E-state index in [0.717, 1.165) is 25.3 Å². The maximum Gasteiger partial charge on any atom is 0.460 e. The van der Waals surface area contributed by atoms with Crippen molar-refractivity contribution in [2.75, 3.05) is 7.11 Å². The standard InChI is InChI=1S/C15H9F13N2O3/c1-33-8-4-6(2-3-7(8)31)5-29-30-9(32)10(16,17)11(18,19)12(20,21)13(22,23)14(24,25)15(26,27)28/h2-5,31H,1H3,(H,30,32)/b29-5-. The van der Waals surface area contributed by atoms with Gasteiger partial charge in [0.15, 0.2) is 11.5 Å². The third kappa shape index (κ3) is 4.46. The van der Waals surface area contributed by atoms with Crippen LogP contribution in [0.15, 0.2) is 23.3 Å². The monoisotopic (exact) mass is 512 g/mol. The summed E-state index contributed by atoms with van der Waals surface area (Å²) in [4.78, 5) is 11.2. The normalized spacial score (nSPS) is 14.5. The minimum absolute atomic E-state index is 0.207. The van der Waals surface area contributed by atoms with Gasteiger partial charge in [0.05, 0.1) is 13.3 Å². The van der Waals surface area contributed by atoms with Crippen LogP contribution in [0.1, 0.15) is 5.56 Å². The van der Waals surface area contributed by atoms with Crippen molar-refractivity contribution in [3.05, 3.63) is 23.8 Å². The van der Waals surface area contributed by atoms with Crippen molar-refractivity contribution < 1.29 is 71.7 Å². The van der Waals surface area contributed by atoms with Gasteiger partial charge in [0.2, 0.25) is 0 Å². The Kier molecular flexibility index (Phi) is 7.18. The number of hydrogen-bond acceptors (Lipinski definition) is 4. The Morgan fingerprint density at radius 2 is 1.36 bits per heavy atom. The molecule has 0 aromatic heterocycles. The van der Waals surface area contributed by atoms with Crippen LogP contribution < -0.4 is 10.2 Å². The second-order valence-electron chi connectivity index (χ2n) is 6.00. The Balaban J connectivity index is 3.24. The van der Waals surface area contributed by atoms with Gasteiger partial charge in [0.1, 0.15) is 0 Å². The number of methoxy groups -OCH3 is 1. The minimum Gasteiger partial charge on any atom is -0.504 e. The summed E-state index contributed by atoms with van der Waals surface area (Å²) in [7, 11) is 1.05. The molecule has 0 unspecified atom stereocenters. The molecule has 1 aromatic carbocycles. The van der Waals surface area contributed by atoms with Crippen LogP contribution in [-0.4, -0.2) is 60.1 Å². The zero-order chi connectivity index (χ0) is 26.3. The van der Waals surface area contributed by atoms with Crippen molar-refractivity contribution in [3.8, 4) is 11.5 Å². The van der Waals surface area contributed by atoms with E-state index in [1.807, 2.05) is 0 Å². The van der Waals surface area contributed by atoms with Crippen LogP contribution in [0, 0.1) is 0 Å². The van der Waals surface area contributed by atoms with Crippen LogP contribution in [0.3, 0.4) is 0 Å². The Hall–Kier alpha value is -2.95. The van der Waals surface area contributed by atoms with Gasteiger partial charge in [-0.25, -0.2) is 5.43 Å². The van der Waals surface area contributed by atoms with E-state index in [4.69, 9.17) is 0 Å². The summed E-state index contributed by atoms with van der Waals surface area (Å²) in [6.07, 6.45) is -7.18. The fourth-order valence-corrected chi connectivity index (χ4v) is 1.92. The molecular weight excluding hydrogens is 503 g/mol. The molecule has 0 spiro atoms. The lowest BCUT2D eigenvalue weighted by molar-refractivity contribution is -0.436. The van der Waals surface area contributed by atoms with E-state index >= 15 is 0 Å². The molecular formula is C15H9F13N2O3. The molecule has 33 heavy (non-hydrogen) atoms. The molecule has 5 nitrogen and oxygen atoms in total. The van der Waals surface area contributed by atoms with E-state index in [9.17, 15) is 67.0 Å². The molecule has 188 valence electrons. The maximum atomic E-state index is 13.6. The highest BCUT2D eigenvalue weighted by Gasteiger charge is 2.91. The Bertz CT molecular complexity index is 913. The summed E-state index contributed by atoms with van der Waals surface area (Å²) >= 11 is 0. The Labute approximate surface area is 173 Å². The third-order valence-electron chi connectivity index (χ3n) is 3.80. The van der Waals surface area contributed by atoms with Gasteiger partial charge in [-0.1, -0.05) is 0 Å². The van der Waals surface area contributed by atoms with Crippen LogP contribution in [-0.2, 0) is 4.79 Å². The van der Waals surface area contributed by atoms with E-state index in [1.54, 1.807) is 0 Å². The lowest BCUT2D eigenvalue weighted by Gasteiger charge is -2.38. The summed E-state index contributed by atoms with van der Waals surface area (Å²) in [5.74, 6) is -43.1. The van der Waals surface area contributed by atoms with Crippen LogP contribution in [0.25, 0.3) is 0 Å². The highest BCUT2D eigenvalue weighted by atomic mass is 19.4. The van der Waals surface area contributed by atoms with Crippen molar-refractivity contribution in [3.63, 3.8) is 0 Å². The molecule has 0 heterocycles. The first-order valence-corrected chi connectivity index (χ1v) is 7.76. The molecule has 0 aliphatic rings. The summed E-state index contributed by atoms with van der Waals surface area (Å²) < 4.78 is 173. The number of aromatic hydroxyl groups is 1. The molecule has 0 saturated heterocycles. The smallest absolute Gasteiger partial charge is 0.460 e. The van der Waals surface area contributed by atoms with Gasteiger partial charge < -0.3 is 9.84 Å². The fourth-order valence-electron chi connectivity index (χ4n) is 1.92. The lowest BCUT2D eigenvalue weighted by Crippen LogP contribution is -2.71.